The standard InChI is InChI=1S/C17H16ClN3OS/c18-12-3-4-13-11(9-20-14(13)8-12)7-15(22)21-16(10-1-2-10)17-19-5-6-23-17/h3-6,8-10,16,20H,1-2,7H2,(H,21,22)/t16-/m1/s1. The summed E-state index contributed by atoms with van der Waals surface area (Å²) in [6.07, 6.45) is 6.36. The van der Waals surface area contributed by atoms with Crippen LogP contribution in [0.5, 0.6) is 0 Å². The van der Waals surface area contributed by atoms with Crippen LogP contribution in [0.4, 0.5) is 0 Å². The first-order valence-corrected chi connectivity index (χ1v) is 8.91. The fourth-order valence-corrected chi connectivity index (χ4v) is 3.85. The highest BCUT2D eigenvalue weighted by Gasteiger charge is 2.34. The fourth-order valence-electron chi connectivity index (χ4n) is 2.90. The number of hydrogen-bond donors (Lipinski definition) is 2. The molecule has 0 aliphatic heterocycles. The average molecular weight is 346 g/mol. The minimum Gasteiger partial charge on any atom is -0.361 e. The van der Waals surface area contributed by atoms with Gasteiger partial charge in [-0.2, -0.15) is 0 Å². The number of aromatic amines is 1. The summed E-state index contributed by atoms with van der Waals surface area (Å²) < 4.78 is 0. The highest BCUT2D eigenvalue weighted by molar-refractivity contribution is 7.09. The lowest BCUT2D eigenvalue weighted by atomic mass is 10.1. The van der Waals surface area contributed by atoms with Gasteiger partial charge in [-0.15, -0.1) is 11.3 Å². The number of carbonyl (C=O) groups is 1. The predicted octanol–water partition coefficient (Wildman–Crippen LogP) is 4.09. The first kappa shape index (κ1) is 14.7. The van der Waals surface area contributed by atoms with Gasteiger partial charge in [0.15, 0.2) is 0 Å². The number of halogens is 1. The van der Waals surface area contributed by atoms with Crippen molar-refractivity contribution in [1.29, 1.82) is 0 Å². The Bertz CT molecular complexity index is 839. The van der Waals surface area contributed by atoms with Gasteiger partial charge in [-0.1, -0.05) is 17.7 Å². The molecule has 1 atom stereocenters. The second kappa shape index (κ2) is 5.98. The number of rotatable bonds is 5. The number of amides is 1. The van der Waals surface area contributed by atoms with Gasteiger partial charge in [-0.25, -0.2) is 4.98 Å². The molecule has 2 heterocycles. The van der Waals surface area contributed by atoms with Crippen LogP contribution in [-0.4, -0.2) is 15.9 Å². The van der Waals surface area contributed by atoms with Crippen LogP contribution in [0.2, 0.25) is 5.02 Å². The Morgan fingerprint density at radius 3 is 3.09 bits per heavy atom. The van der Waals surface area contributed by atoms with Gasteiger partial charge in [0.2, 0.25) is 5.91 Å². The molecule has 0 saturated heterocycles. The highest BCUT2D eigenvalue weighted by Crippen LogP contribution is 2.41. The summed E-state index contributed by atoms with van der Waals surface area (Å²) in [5, 5.41) is 7.86. The molecular weight excluding hydrogens is 330 g/mol. The molecule has 6 heteroatoms. The van der Waals surface area contributed by atoms with Crippen molar-refractivity contribution in [2.45, 2.75) is 25.3 Å². The monoisotopic (exact) mass is 345 g/mol. The van der Waals surface area contributed by atoms with Crippen molar-refractivity contribution in [1.82, 2.24) is 15.3 Å². The second-order valence-electron chi connectivity index (χ2n) is 5.93. The van der Waals surface area contributed by atoms with Crippen LogP contribution >= 0.6 is 22.9 Å². The minimum atomic E-state index is 0.0351. The lowest BCUT2D eigenvalue weighted by molar-refractivity contribution is -0.121. The number of nitrogens with one attached hydrogen (secondary N) is 2. The van der Waals surface area contributed by atoms with E-state index in [0.29, 0.717) is 17.4 Å². The predicted molar refractivity (Wildman–Crippen MR) is 92.7 cm³/mol. The maximum atomic E-state index is 12.5. The molecule has 0 bridgehead atoms. The van der Waals surface area contributed by atoms with Crippen molar-refractivity contribution >= 4 is 39.7 Å². The molecule has 0 unspecified atom stereocenters. The maximum absolute atomic E-state index is 12.5. The molecule has 3 aromatic rings. The zero-order valence-electron chi connectivity index (χ0n) is 12.4. The summed E-state index contributed by atoms with van der Waals surface area (Å²) >= 11 is 7.60. The van der Waals surface area contributed by atoms with Crippen LogP contribution in [0, 0.1) is 5.92 Å². The van der Waals surface area contributed by atoms with Gasteiger partial charge >= 0.3 is 0 Å². The molecule has 1 saturated carbocycles. The molecule has 118 valence electrons. The lowest BCUT2D eigenvalue weighted by Gasteiger charge is -2.15. The van der Waals surface area contributed by atoms with Gasteiger partial charge in [-0.3, -0.25) is 4.79 Å². The Morgan fingerprint density at radius 1 is 1.48 bits per heavy atom. The third kappa shape index (κ3) is 3.12. The number of nitrogens with zero attached hydrogens (tertiary/aromatic N) is 1. The molecule has 4 nitrogen and oxygen atoms in total. The summed E-state index contributed by atoms with van der Waals surface area (Å²) in [5.74, 6) is 0.569. The molecule has 0 radical (unpaired) electrons. The van der Waals surface area contributed by atoms with Crippen molar-refractivity contribution in [3.05, 3.63) is 51.6 Å². The molecule has 2 aromatic heterocycles. The van der Waals surface area contributed by atoms with E-state index in [1.54, 1.807) is 17.5 Å². The van der Waals surface area contributed by atoms with Crippen LogP contribution in [0.3, 0.4) is 0 Å². The molecule has 2 N–H and O–H groups in total. The molecule has 0 spiro atoms. The number of carbonyl (C=O) groups excluding carboxylic acids is 1. The molecule has 1 aliphatic rings. The van der Waals surface area contributed by atoms with Crippen LogP contribution in [0.15, 0.2) is 36.0 Å². The highest BCUT2D eigenvalue weighted by atomic mass is 35.5. The molecule has 1 aromatic carbocycles. The summed E-state index contributed by atoms with van der Waals surface area (Å²) in [6, 6.07) is 5.74. The van der Waals surface area contributed by atoms with Gasteiger partial charge in [-0.05, 0) is 36.5 Å². The number of thiazole rings is 1. The first-order valence-electron chi connectivity index (χ1n) is 7.65. The van der Waals surface area contributed by atoms with E-state index in [4.69, 9.17) is 11.6 Å². The number of H-pyrrole nitrogens is 1. The Balaban J connectivity index is 1.50. The van der Waals surface area contributed by atoms with Crippen LogP contribution in [0.1, 0.15) is 29.5 Å². The zero-order valence-corrected chi connectivity index (χ0v) is 14.0. The number of aromatic nitrogens is 2. The topological polar surface area (TPSA) is 57.8 Å². The van der Waals surface area contributed by atoms with Crippen molar-refractivity contribution in [2.75, 3.05) is 0 Å². The quantitative estimate of drug-likeness (QED) is 0.731. The summed E-state index contributed by atoms with van der Waals surface area (Å²) in [4.78, 5) is 20.0. The van der Waals surface area contributed by atoms with Gasteiger partial charge in [0, 0.05) is 33.7 Å². The summed E-state index contributed by atoms with van der Waals surface area (Å²) in [5.41, 5.74) is 1.95. The second-order valence-corrected chi connectivity index (χ2v) is 7.30. The maximum Gasteiger partial charge on any atom is 0.225 e. The van der Waals surface area contributed by atoms with Gasteiger partial charge in [0.25, 0.3) is 0 Å². The number of hydrogen-bond acceptors (Lipinski definition) is 3. The third-order valence-electron chi connectivity index (χ3n) is 4.21. The smallest absolute Gasteiger partial charge is 0.225 e. The summed E-state index contributed by atoms with van der Waals surface area (Å²) in [6.45, 7) is 0. The number of fused-ring (bicyclic) bond motifs is 1. The van der Waals surface area contributed by atoms with Crippen molar-refractivity contribution in [2.24, 2.45) is 5.92 Å². The van der Waals surface area contributed by atoms with Gasteiger partial charge in [0.1, 0.15) is 5.01 Å². The first-order chi connectivity index (χ1) is 11.2. The van der Waals surface area contributed by atoms with E-state index in [2.05, 4.69) is 15.3 Å². The van der Waals surface area contributed by atoms with E-state index < -0.39 is 0 Å². The van der Waals surface area contributed by atoms with Crippen molar-refractivity contribution < 1.29 is 4.79 Å². The van der Waals surface area contributed by atoms with Gasteiger partial charge in [0.05, 0.1) is 12.5 Å². The Morgan fingerprint density at radius 2 is 2.35 bits per heavy atom. The average Bonchev–Trinajstić information content (AvgIpc) is 3.08. The van der Waals surface area contributed by atoms with Crippen molar-refractivity contribution in [3.8, 4) is 0 Å². The van der Waals surface area contributed by atoms with Crippen LogP contribution < -0.4 is 5.32 Å². The van der Waals surface area contributed by atoms with E-state index in [0.717, 1.165) is 34.3 Å². The third-order valence-corrected chi connectivity index (χ3v) is 5.30. The molecule has 1 amide bonds. The Labute approximate surface area is 142 Å². The van der Waals surface area contributed by atoms with Crippen molar-refractivity contribution in [3.63, 3.8) is 0 Å². The van der Waals surface area contributed by atoms with E-state index >= 15 is 0 Å². The SMILES string of the molecule is O=C(Cc1c[nH]c2cc(Cl)ccc12)N[C@@H](c1nccs1)C1CC1. The molecule has 23 heavy (non-hydrogen) atoms. The molecule has 4 rings (SSSR count). The van der Waals surface area contributed by atoms with Crippen LogP contribution in [-0.2, 0) is 11.2 Å². The van der Waals surface area contributed by atoms with Crippen LogP contribution in [0.25, 0.3) is 10.9 Å². The lowest BCUT2D eigenvalue weighted by Crippen LogP contribution is -2.31. The van der Waals surface area contributed by atoms with E-state index in [-0.39, 0.29) is 11.9 Å². The molecular formula is C17H16ClN3OS. The largest absolute Gasteiger partial charge is 0.361 e. The fraction of sp³-hybridized carbons (Fsp3) is 0.294. The van der Waals surface area contributed by atoms with E-state index in [1.165, 1.54) is 0 Å². The Kier molecular flexibility index (Phi) is 3.83. The number of benzene rings is 1. The van der Waals surface area contributed by atoms with Gasteiger partial charge < -0.3 is 10.3 Å². The van der Waals surface area contributed by atoms with E-state index in [1.807, 2.05) is 29.8 Å². The summed E-state index contributed by atoms with van der Waals surface area (Å²) in [7, 11) is 0. The zero-order chi connectivity index (χ0) is 15.8. The van der Waals surface area contributed by atoms with E-state index in [9.17, 15) is 4.79 Å². The molecule has 1 aliphatic carbocycles. The Hall–Kier alpha value is -1.85. The normalized spacial score (nSPS) is 15.7. The molecule has 1 fully saturated rings. The minimum absolute atomic E-state index is 0.0351.